The third-order valence-electron chi connectivity index (χ3n) is 4.05. The monoisotopic (exact) mass is 363 g/mol. The Morgan fingerprint density at radius 1 is 1.07 bits per heavy atom. The summed E-state index contributed by atoms with van der Waals surface area (Å²) in [7, 11) is 0. The second-order valence-electron chi connectivity index (χ2n) is 6.11. The first-order valence-electron chi connectivity index (χ1n) is 8.71. The number of nitrogens with one attached hydrogen (secondary N) is 1. The van der Waals surface area contributed by atoms with E-state index in [1.54, 1.807) is 43.3 Å². The molecule has 0 atom stereocenters. The van der Waals surface area contributed by atoms with E-state index in [1.807, 2.05) is 36.7 Å². The van der Waals surface area contributed by atoms with Gasteiger partial charge in [-0.1, -0.05) is 12.1 Å². The molecule has 1 amide bonds. The van der Waals surface area contributed by atoms with Gasteiger partial charge in [0, 0.05) is 11.3 Å². The predicted molar refractivity (Wildman–Crippen MR) is 103 cm³/mol. The first-order valence-corrected chi connectivity index (χ1v) is 8.71. The highest BCUT2D eigenvalue weighted by Gasteiger charge is 2.15. The van der Waals surface area contributed by atoms with E-state index in [0.29, 0.717) is 16.8 Å². The average Bonchev–Trinajstić information content (AvgIpc) is 3.00. The Hall–Kier alpha value is -3.41. The molecule has 27 heavy (non-hydrogen) atoms. The minimum absolute atomic E-state index is 0.273. The molecule has 3 aromatic rings. The molecule has 0 fully saturated rings. The summed E-state index contributed by atoms with van der Waals surface area (Å²) in [6, 6.07) is 15.9. The fraction of sp³-hybridized carbons (Fsp3) is 0.190. The average molecular weight is 363 g/mol. The minimum atomic E-state index is -0.465. The molecule has 6 heteroatoms. The summed E-state index contributed by atoms with van der Waals surface area (Å²) in [6.07, 6.45) is 0. The zero-order valence-corrected chi connectivity index (χ0v) is 15.5. The fourth-order valence-electron chi connectivity index (χ4n) is 2.82. The number of aryl methyl sites for hydroxylation is 2. The van der Waals surface area contributed by atoms with E-state index < -0.39 is 5.97 Å². The number of hydrogen-bond acceptors (Lipinski definition) is 4. The minimum Gasteiger partial charge on any atom is -0.462 e. The van der Waals surface area contributed by atoms with Crippen LogP contribution in [0.2, 0.25) is 0 Å². The van der Waals surface area contributed by atoms with Gasteiger partial charge in [-0.25, -0.2) is 9.48 Å². The summed E-state index contributed by atoms with van der Waals surface area (Å²) < 4.78 is 6.86. The van der Waals surface area contributed by atoms with E-state index in [1.165, 1.54) is 0 Å². The molecule has 0 aliphatic carbocycles. The van der Waals surface area contributed by atoms with E-state index in [0.717, 1.165) is 17.1 Å². The molecule has 1 aromatic heterocycles. The van der Waals surface area contributed by atoms with Gasteiger partial charge in [-0.3, -0.25) is 4.79 Å². The van der Waals surface area contributed by atoms with Crippen molar-refractivity contribution in [1.82, 2.24) is 9.78 Å². The van der Waals surface area contributed by atoms with Crippen molar-refractivity contribution < 1.29 is 14.3 Å². The Kier molecular flexibility index (Phi) is 5.35. The molecule has 0 saturated carbocycles. The van der Waals surface area contributed by atoms with Gasteiger partial charge in [0.25, 0.3) is 5.91 Å². The normalized spacial score (nSPS) is 10.5. The van der Waals surface area contributed by atoms with Crippen molar-refractivity contribution in [3.63, 3.8) is 0 Å². The van der Waals surface area contributed by atoms with Crippen LogP contribution in [0.25, 0.3) is 5.69 Å². The van der Waals surface area contributed by atoms with Crippen LogP contribution >= 0.6 is 0 Å². The Morgan fingerprint density at radius 2 is 1.78 bits per heavy atom. The van der Waals surface area contributed by atoms with E-state index in [2.05, 4.69) is 10.4 Å². The van der Waals surface area contributed by atoms with Crippen molar-refractivity contribution >= 4 is 17.6 Å². The van der Waals surface area contributed by atoms with Gasteiger partial charge in [0.05, 0.1) is 29.2 Å². The molecule has 6 nitrogen and oxygen atoms in total. The third-order valence-corrected chi connectivity index (χ3v) is 4.05. The van der Waals surface area contributed by atoms with Crippen molar-refractivity contribution in [2.24, 2.45) is 0 Å². The van der Waals surface area contributed by atoms with Crippen LogP contribution < -0.4 is 5.32 Å². The number of aromatic nitrogens is 2. The molecule has 0 bridgehead atoms. The van der Waals surface area contributed by atoms with Gasteiger partial charge >= 0.3 is 5.97 Å². The molecule has 0 aliphatic rings. The number of rotatable bonds is 5. The molecule has 0 saturated heterocycles. The maximum absolute atomic E-state index is 12.6. The lowest BCUT2D eigenvalue weighted by atomic mass is 10.1. The largest absolute Gasteiger partial charge is 0.462 e. The van der Waals surface area contributed by atoms with Crippen molar-refractivity contribution in [2.45, 2.75) is 20.8 Å². The number of carbonyl (C=O) groups is 2. The smallest absolute Gasteiger partial charge is 0.340 e. The van der Waals surface area contributed by atoms with Crippen LogP contribution in [0, 0.1) is 13.8 Å². The number of anilines is 1. The van der Waals surface area contributed by atoms with Crippen molar-refractivity contribution in [3.05, 3.63) is 77.1 Å². The first kappa shape index (κ1) is 18.4. The summed E-state index contributed by atoms with van der Waals surface area (Å²) in [4.78, 5) is 24.6. The molecule has 0 unspecified atom stereocenters. The molecular weight excluding hydrogens is 342 g/mol. The van der Waals surface area contributed by atoms with Crippen LogP contribution in [0.4, 0.5) is 5.69 Å². The maximum atomic E-state index is 12.6. The number of ether oxygens (including phenoxy) is 1. The van der Waals surface area contributed by atoms with E-state index >= 15 is 0 Å². The van der Waals surface area contributed by atoms with Crippen LogP contribution in [0.3, 0.4) is 0 Å². The first-order chi connectivity index (χ1) is 13.0. The van der Waals surface area contributed by atoms with Crippen molar-refractivity contribution in [3.8, 4) is 5.69 Å². The topological polar surface area (TPSA) is 73.2 Å². The van der Waals surface area contributed by atoms with Gasteiger partial charge in [-0.2, -0.15) is 5.10 Å². The summed E-state index contributed by atoms with van der Waals surface area (Å²) in [5.74, 6) is -0.764. The van der Waals surface area contributed by atoms with Gasteiger partial charge in [0.2, 0.25) is 0 Å². The zero-order chi connectivity index (χ0) is 19.4. The standard InChI is InChI=1S/C21H21N3O3/c1-4-27-21(26)18-7-5-6-8-19(18)22-20(25)16-9-11-17(12-10-16)24-15(3)13-14(2)23-24/h5-13H,4H2,1-3H3,(H,22,25). The summed E-state index contributed by atoms with van der Waals surface area (Å²) in [5.41, 5.74) is 4.07. The lowest BCUT2D eigenvalue weighted by Gasteiger charge is -2.11. The quantitative estimate of drug-likeness (QED) is 0.698. The molecule has 3 rings (SSSR count). The Balaban J connectivity index is 1.80. The van der Waals surface area contributed by atoms with Crippen LogP contribution in [0.1, 0.15) is 39.0 Å². The summed E-state index contributed by atoms with van der Waals surface area (Å²) >= 11 is 0. The molecule has 1 heterocycles. The Morgan fingerprint density at radius 3 is 2.41 bits per heavy atom. The van der Waals surface area contributed by atoms with Gasteiger partial charge < -0.3 is 10.1 Å². The van der Waals surface area contributed by atoms with Crippen molar-refractivity contribution in [1.29, 1.82) is 0 Å². The predicted octanol–water partition coefficient (Wildman–Crippen LogP) is 3.92. The lowest BCUT2D eigenvalue weighted by Crippen LogP contribution is -2.16. The highest BCUT2D eigenvalue weighted by atomic mass is 16.5. The number of benzene rings is 2. The number of amides is 1. The number of hydrogen-bond donors (Lipinski definition) is 1. The molecule has 0 radical (unpaired) electrons. The van der Waals surface area contributed by atoms with Crippen LogP contribution in [0.15, 0.2) is 54.6 Å². The molecule has 1 N–H and O–H groups in total. The highest BCUT2D eigenvalue weighted by molar-refractivity contribution is 6.08. The molecular formula is C21H21N3O3. The molecule has 138 valence electrons. The van der Waals surface area contributed by atoms with Crippen LogP contribution in [-0.2, 0) is 4.74 Å². The number of carbonyl (C=O) groups excluding carboxylic acids is 2. The Labute approximate surface area is 157 Å². The molecule has 0 aliphatic heterocycles. The summed E-state index contributed by atoms with van der Waals surface area (Å²) in [5, 5.41) is 7.21. The fourth-order valence-corrected chi connectivity index (χ4v) is 2.82. The zero-order valence-electron chi connectivity index (χ0n) is 15.5. The number of esters is 1. The van der Waals surface area contributed by atoms with Gasteiger partial charge in [-0.15, -0.1) is 0 Å². The van der Waals surface area contributed by atoms with E-state index in [4.69, 9.17) is 4.74 Å². The number of nitrogens with zero attached hydrogens (tertiary/aromatic N) is 2. The number of para-hydroxylation sites is 1. The molecule has 0 spiro atoms. The Bertz CT molecular complexity index is 975. The van der Waals surface area contributed by atoms with Crippen LogP contribution in [-0.4, -0.2) is 28.3 Å². The molecule has 2 aromatic carbocycles. The van der Waals surface area contributed by atoms with Crippen molar-refractivity contribution in [2.75, 3.05) is 11.9 Å². The SMILES string of the molecule is CCOC(=O)c1ccccc1NC(=O)c1ccc(-n2nc(C)cc2C)cc1. The second kappa shape index (κ2) is 7.86. The van der Waals surface area contributed by atoms with Gasteiger partial charge in [0.1, 0.15) is 0 Å². The van der Waals surface area contributed by atoms with E-state index in [-0.39, 0.29) is 12.5 Å². The van der Waals surface area contributed by atoms with E-state index in [9.17, 15) is 9.59 Å². The maximum Gasteiger partial charge on any atom is 0.340 e. The third kappa shape index (κ3) is 4.06. The van der Waals surface area contributed by atoms with Crippen LogP contribution in [0.5, 0.6) is 0 Å². The second-order valence-corrected chi connectivity index (χ2v) is 6.11. The lowest BCUT2D eigenvalue weighted by molar-refractivity contribution is 0.0527. The van der Waals surface area contributed by atoms with Gasteiger partial charge in [-0.05, 0) is 63.2 Å². The van der Waals surface area contributed by atoms with Gasteiger partial charge in [0.15, 0.2) is 0 Å². The highest BCUT2D eigenvalue weighted by Crippen LogP contribution is 2.18. The summed E-state index contributed by atoms with van der Waals surface area (Å²) in [6.45, 7) is 5.93.